The Bertz CT molecular complexity index is 936. The summed E-state index contributed by atoms with van der Waals surface area (Å²) in [5.41, 5.74) is 6.70. The van der Waals surface area contributed by atoms with Crippen molar-refractivity contribution in [3.63, 3.8) is 0 Å². The van der Waals surface area contributed by atoms with Crippen molar-refractivity contribution in [2.45, 2.75) is 32.4 Å². The van der Waals surface area contributed by atoms with Gasteiger partial charge in [-0.3, -0.25) is 10.1 Å². The number of quaternary nitrogens is 1. The fourth-order valence-corrected chi connectivity index (χ4v) is 5.47. The van der Waals surface area contributed by atoms with Crippen LogP contribution in [-0.2, 0) is 13.0 Å². The summed E-state index contributed by atoms with van der Waals surface area (Å²) in [5, 5.41) is 16.8. The summed E-state index contributed by atoms with van der Waals surface area (Å²) < 4.78 is 0.658. The highest BCUT2D eigenvalue weighted by Crippen LogP contribution is 2.39. The number of carbonyl (C=O) groups excluding carboxylic acids is 2. The summed E-state index contributed by atoms with van der Waals surface area (Å²) >= 11 is 7.23. The van der Waals surface area contributed by atoms with Crippen molar-refractivity contribution in [1.82, 2.24) is 0 Å². The van der Waals surface area contributed by atoms with Crippen LogP contribution in [-0.4, -0.2) is 47.3 Å². The Balaban J connectivity index is 1.81. The minimum absolute atomic E-state index is 0.380. The van der Waals surface area contributed by atoms with Gasteiger partial charge in [-0.15, -0.1) is 11.3 Å². The first-order valence-corrected chi connectivity index (χ1v) is 10.5. The number of nitrogens with one attached hydrogen (secondary N) is 2. The number of rotatable bonds is 5. The molecule has 156 valence electrons. The van der Waals surface area contributed by atoms with Gasteiger partial charge in [0.1, 0.15) is 23.7 Å². The van der Waals surface area contributed by atoms with E-state index in [4.69, 9.17) is 17.3 Å². The van der Waals surface area contributed by atoms with E-state index in [-0.39, 0.29) is 0 Å². The summed E-state index contributed by atoms with van der Waals surface area (Å²) in [7, 11) is 2.09. The summed E-state index contributed by atoms with van der Waals surface area (Å²) in [6.45, 7) is 5.64. The van der Waals surface area contributed by atoms with Gasteiger partial charge in [-0.2, -0.15) is 0 Å². The van der Waals surface area contributed by atoms with E-state index in [1.54, 1.807) is 38.1 Å². The zero-order valence-corrected chi connectivity index (χ0v) is 18.3. The third-order valence-corrected chi connectivity index (χ3v) is 6.25. The topological polar surface area (TPSA) is 104 Å². The summed E-state index contributed by atoms with van der Waals surface area (Å²) in [6.07, 6.45) is 0.664. The molecule has 1 aliphatic heterocycles. The van der Waals surface area contributed by atoms with Crippen LogP contribution in [0.3, 0.4) is 0 Å². The summed E-state index contributed by atoms with van der Waals surface area (Å²) in [6, 6.07) is 6.28. The van der Waals surface area contributed by atoms with E-state index in [0.717, 1.165) is 17.0 Å². The summed E-state index contributed by atoms with van der Waals surface area (Å²) in [5.74, 6) is -0.553. The van der Waals surface area contributed by atoms with Gasteiger partial charge < -0.3 is 20.6 Å². The predicted molar refractivity (Wildman–Crippen MR) is 117 cm³/mol. The number of nitrogens with two attached hydrogens (primary N) is 1. The van der Waals surface area contributed by atoms with Gasteiger partial charge in [-0.1, -0.05) is 11.6 Å². The second kappa shape index (κ2) is 7.95. The van der Waals surface area contributed by atoms with E-state index in [1.807, 2.05) is 0 Å². The van der Waals surface area contributed by atoms with Gasteiger partial charge in [-0.25, -0.2) is 4.79 Å². The molecule has 1 unspecified atom stereocenters. The minimum Gasteiger partial charge on any atom is -0.385 e. The maximum Gasteiger partial charge on any atom is 0.324 e. The van der Waals surface area contributed by atoms with E-state index >= 15 is 0 Å². The lowest BCUT2D eigenvalue weighted by Crippen LogP contribution is -2.54. The number of urea groups is 1. The van der Waals surface area contributed by atoms with Gasteiger partial charge in [0.15, 0.2) is 0 Å². The number of amides is 3. The molecule has 0 aliphatic carbocycles. The number of anilines is 2. The predicted octanol–water partition coefficient (Wildman–Crippen LogP) is 3.42. The number of likely N-dealkylation sites (N-methyl/N-ethyl adjacent to an activating group) is 1. The zero-order valence-electron chi connectivity index (χ0n) is 16.7. The van der Waals surface area contributed by atoms with Crippen LogP contribution in [0.2, 0.25) is 5.02 Å². The van der Waals surface area contributed by atoms with Crippen molar-refractivity contribution < 1.29 is 19.2 Å². The van der Waals surface area contributed by atoms with E-state index < -0.39 is 17.5 Å². The fraction of sp³-hybridized carbons (Fsp3) is 0.400. The first-order valence-electron chi connectivity index (χ1n) is 9.30. The molecule has 1 aliphatic rings. The number of thiophene rings is 1. The van der Waals surface area contributed by atoms with Gasteiger partial charge in [0.25, 0.3) is 5.91 Å². The molecule has 1 atom stereocenters. The molecule has 3 amide bonds. The first-order chi connectivity index (χ1) is 13.5. The SMILES string of the molecule is CC(C)(O)C[N+]1(C)CCc2c(sc(NC(=O)Nc3ccc(Cl)cc3)c2C(N)=O)C1. The first kappa shape index (κ1) is 21.6. The highest BCUT2D eigenvalue weighted by Gasteiger charge is 2.37. The van der Waals surface area contributed by atoms with Crippen LogP contribution in [0.4, 0.5) is 15.5 Å². The van der Waals surface area contributed by atoms with Crippen LogP contribution in [0.1, 0.15) is 34.6 Å². The normalized spacial score (nSPS) is 18.8. The molecular formula is C20H26ClN4O3S+. The largest absolute Gasteiger partial charge is 0.385 e. The second-order valence-electron chi connectivity index (χ2n) is 8.38. The van der Waals surface area contributed by atoms with Crippen LogP contribution in [0.15, 0.2) is 24.3 Å². The van der Waals surface area contributed by atoms with Crippen LogP contribution < -0.4 is 16.4 Å². The maximum atomic E-state index is 12.4. The minimum atomic E-state index is -0.796. The molecule has 0 fully saturated rings. The number of benzene rings is 1. The van der Waals surface area contributed by atoms with Gasteiger partial charge in [0.05, 0.1) is 24.0 Å². The maximum absolute atomic E-state index is 12.4. The van der Waals surface area contributed by atoms with Crippen molar-refractivity contribution in [3.05, 3.63) is 45.3 Å². The third-order valence-electron chi connectivity index (χ3n) is 4.86. The molecule has 0 radical (unpaired) electrons. The number of halogens is 1. The van der Waals surface area contributed by atoms with Crippen molar-refractivity contribution >= 4 is 45.6 Å². The molecule has 3 rings (SSSR count). The highest BCUT2D eigenvalue weighted by molar-refractivity contribution is 7.17. The molecule has 0 saturated carbocycles. The lowest BCUT2D eigenvalue weighted by atomic mass is 9.98. The van der Waals surface area contributed by atoms with Gasteiger partial charge in [0.2, 0.25) is 0 Å². The average molecular weight is 438 g/mol. The molecule has 2 heterocycles. The van der Waals surface area contributed by atoms with E-state index in [2.05, 4.69) is 17.7 Å². The Morgan fingerprint density at radius 3 is 2.52 bits per heavy atom. The smallest absolute Gasteiger partial charge is 0.324 e. The number of nitrogens with zero attached hydrogens (tertiary/aromatic N) is 1. The van der Waals surface area contributed by atoms with Gasteiger partial charge >= 0.3 is 6.03 Å². The third kappa shape index (κ3) is 5.27. The van der Waals surface area contributed by atoms with Crippen molar-refractivity contribution in [1.29, 1.82) is 0 Å². The van der Waals surface area contributed by atoms with Gasteiger partial charge in [0, 0.05) is 17.1 Å². The number of primary amides is 1. The van der Waals surface area contributed by atoms with Crippen LogP contribution >= 0.6 is 22.9 Å². The van der Waals surface area contributed by atoms with Gasteiger partial charge in [-0.05, 0) is 43.7 Å². The van der Waals surface area contributed by atoms with E-state index in [1.165, 1.54) is 11.3 Å². The number of aliphatic hydroxyl groups is 1. The van der Waals surface area contributed by atoms with Crippen LogP contribution in [0.25, 0.3) is 0 Å². The Hall–Kier alpha value is -2.13. The molecule has 0 saturated heterocycles. The standard InChI is InChI=1S/C20H25ClN4O3S/c1-20(2,28)11-25(3)9-8-14-15(10-25)29-18(16(14)17(22)26)24-19(27)23-13-6-4-12(21)5-7-13/h4-7,28H,8-11H2,1-3H3,(H3-,22,23,24,26,27)/p+1. The molecule has 7 nitrogen and oxygen atoms in total. The average Bonchev–Trinajstić information content (AvgIpc) is 2.91. The summed E-state index contributed by atoms with van der Waals surface area (Å²) in [4.78, 5) is 25.6. The number of hydrogen-bond donors (Lipinski definition) is 4. The number of fused-ring (bicyclic) bond motifs is 1. The Morgan fingerprint density at radius 1 is 1.28 bits per heavy atom. The highest BCUT2D eigenvalue weighted by atomic mass is 35.5. The molecule has 5 N–H and O–H groups in total. The lowest BCUT2D eigenvalue weighted by molar-refractivity contribution is -0.929. The quantitative estimate of drug-likeness (QED) is 0.538. The molecule has 29 heavy (non-hydrogen) atoms. The Morgan fingerprint density at radius 2 is 1.93 bits per heavy atom. The zero-order chi connectivity index (χ0) is 21.4. The van der Waals surface area contributed by atoms with Crippen molar-refractivity contribution in [3.8, 4) is 0 Å². The number of carbonyl (C=O) groups is 2. The van der Waals surface area contributed by atoms with E-state index in [0.29, 0.717) is 45.3 Å². The van der Waals surface area contributed by atoms with Crippen molar-refractivity contribution in [2.75, 3.05) is 30.8 Å². The molecule has 1 aromatic heterocycles. The molecule has 0 spiro atoms. The molecular weight excluding hydrogens is 412 g/mol. The fourth-order valence-electron chi connectivity index (χ4n) is 3.93. The molecule has 1 aromatic carbocycles. The molecule has 9 heteroatoms. The van der Waals surface area contributed by atoms with Crippen LogP contribution in [0, 0.1) is 0 Å². The number of hydrogen-bond acceptors (Lipinski definition) is 4. The van der Waals surface area contributed by atoms with E-state index in [9.17, 15) is 14.7 Å². The van der Waals surface area contributed by atoms with Crippen molar-refractivity contribution in [2.24, 2.45) is 5.73 Å². The molecule has 0 bridgehead atoms. The molecule has 2 aromatic rings. The Kier molecular flexibility index (Phi) is 5.91. The second-order valence-corrected chi connectivity index (χ2v) is 9.92. The monoisotopic (exact) mass is 437 g/mol. The lowest BCUT2D eigenvalue weighted by Gasteiger charge is -2.41. The Labute approximate surface area is 179 Å². The van der Waals surface area contributed by atoms with Crippen LogP contribution in [0.5, 0.6) is 0 Å².